The Morgan fingerprint density at radius 1 is 1.05 bits per heavy atom. The van der Waals surface area contributed by atoms with Crippen LogP contribution in [0.1, 0.15) is 5.69 Å². The zero-order valence-corrected chi connectivity index (χ0v) is 10.9. The summed E-state index contributed by atoms with van der Waals surface area (Å²) in [5.74, 6) is 0.166. The number of fused-ring (bicyclic) bond motifs is 1. The van der Waals surface area contributed by atoms with Gasteiger partial charge >= 0.3 is 0 Å². The van der Waals surface area contributed by atoms with E-state index in [-0.39, 0.29) is 5.75 Å². The third-order valence-electron chi connectivity index (χ3n) is 3.00. The summed E-state index contributed by atoms with van der Waals surface area (Å²) in [5.41, 5.74) is 7.48. The van der Waals surface area contributed by atoms with E-state index in [1.807, 2.05) is 31.2 Å². The van der Waals surface area contributed by atoms with E-state index in [0.717, 1.165) is 11.1 Å². The van der Waals surface area contributed by atoms with Gasteiger partial charge in [-0.15, -0.1) is 0 Å². The third-order valence-corrected chi connectivity index (χ3v) is 3.00. The Bertz CT molecular complexity index is 787. The molecular formula is C16H13FN2O. The maximum atomic E-state index is 13.8. The van der Waals surface area contributed by atoms with Crippen molar-refractivity contribution in [3.05, 3.63) is 60.0 Å². The summed E-state index contributed by atoms with van der Waals surface area (Å²) in [6, 6.07) is 13.8. The number of ether oxygens (including phenoxy) is 1. The Hall–Kier alpha value is -2.62. The zero-order valence-electron chi connectivity index (χ0n) is 10.9. The largest absolute Gasteiger partial charge is 0.452 e. The molecular weight excluding hydrogens is 255 g/mol. The van der Waals surface area contributed by atoms with Gasteiger partial charge in [-0.2, -0.15) is 0 Å². The van der Waals surface area contributed by atoms with Crippen molar-refractivity contribution in [3.8, 4) is 11.5 Å². The Balaban J connectivity index is 2.08. The van der Waals surface area contributed by atoms with E-state index in [0.29, 0.717) is 17.0 Å². The van der Waals surface area contributed by atoms with Gasteiger partial charge in [-0.05, 0) is 31.2 Å². The predicted octanol–water partition coefficient (Wildman–Crippen LogP) is 4.06. The van der Waals surface area contributed by atoms with Gasteiger partial charge < -0.3 is 10.5 Å². The van der Waals surface area contributed by atoms with E-state index >= 15 is 0 Å². The Morgan fingerprint density at radius 2 is 1.90 bits per heavy atom. The van der Waals surface area contributed by atoms with Gasteiger partial charge in [-0.25, -0.2) is 9.37 Å². The summed E-state index contributed by atoms with van der Waals surface area (Å²) in [7, 11) is 0. The van der Waals surface area contributed by atoms with E-state index in [2.05, 4.69) is 4.98 Å². The maximum absolute atomic E-state index is 13.8. The van der Waals surface area contributed by atoms with E-state index in [1.54, 1.807) is 12.1 Å². The van der Waals surface area contributed by atoms with Crippen molar-refractivity contribution in [3.63, 3.8) is 0 Å². The minimum atomic E-state index is -0.491. The Labute approximate surface area is 115 Å². The molecule has 20 heavy (non-hydrogen) atoms. The molecule has 0 bridgehead atoms. The van der Waals surface area contributed by atoms with Gasteiger partial charge in [0, 0.05) is 22.8 Å². The zero-order chi connectivity index (χ0) is 14.1. The second kappa shape index (κ2) is 4.81. The number of para-hydroxylation sites is 1. The van der Waals surface area contributed by atoms with Crippen LogP contribution in [0.15, 0.2) is 48.5 Å². The van der Waals surface area contributed by atoms with Crippen LogP contribution in [-0.2, 0) is 0 Å². The normalized spacial score (nSPS) is 10.7. The van der Waals surface area contributed by atoms with Crippen LogP contribution in [0.2, 0.25) is 0 Å². The van der Waals surface area contributed by atoms with Crippen LogP contribution in [-0.4, -0.2) is 4.98 Å². The SMILES string of the molecule is Cc1ccc2cccc(Oc3ccc(N)cc3F)c2n1. The monoisotopic (exact) mass is 268 g/mol. The fraction of sp³-hybridized carbons (Fsp3) is 0.0625. The molecule has 2 N–H and O–H groups in total. The van der Waals surface area contributed by atoms with Gasteiger partial charge in [0.1, 0.15) is 5.52 Å². The highest BCUT2D eigenvalue weighted by Crippen LogP contribution is 2.30. The van der Waals surface area contributed by atoms with Crippen molar-refractivity contribution in [2.24, 2.45) is 0 Å². The number of benzene rings is 2. The molecule has 4 heteroatoms. The number of hydrogen-bond acceptors (Lipinski definition) is 3. The van der Waals surface area contributed by atoms with Crippen molar-refractivity contribution in [1.82, 2.24) is 4.98 Å². The van der Waals surface area contributed by atoms with Crippen molar-refractivity contribution in [2.45, 2.75) is 6.92 Å². The molecule has 2 aromatic carbocycles. The molecule has 0 amide bonds. The number of rotatable bonds is 2. The number of nitrogen functional groups attached to an aromatic ring is 1. The fourth-order valence-corrected chi connectivity index (χ4v) is 2.02. The van der Waals surface area contributed by atoms with E-state index in [4.69, 9.17) is 10.5 Å². The molecule has 0 spiro atoms. The quantitative estimate of drug-likeness (QED) is 0.713. The average molecular weight is 268 g/mol. The summed E-state index contributed by atoms with van der Waals surface area (Å²) < 4.78 is 19.4. The highest BCUT2D eigenvalue weighted by Gasteiger charge is 2.09. The van der Waals surface area contributed by atoms with Gasteiger partial charge in [-0.3, -0.25) is 0 Å². The Kier molecular flexibility index (Phi) is 2.99. The van der Waals surface area contributed by atoms with Crippen LogP contribution in [0.25, 0.3) is 10.9 Å². The summed E-state index contributed by atoms with van der Waals surface area (Å²) >= 11 is 0. The lowest BCUT2D eigenvalue weighted by molar-refractivity contribution is 0.446. The molecule has 3 aromatic rings. The summed E-state index contributed by atoms with van der Waals surface area (Å²) in [6.07, 6.45) is 0. The van der Waals surface area contributed by atoms with Crippen LogP contribution in [0.4, 0.5) is 10.1 Å². The number of halogens is 1. The molecule has 3 nitrogen and oxygen atoms in total. The fourth-order valence-electron chi connectivity index (χ4n) is 2.02. The molecule has 0 fully saturated rings. The van der Waals surface area contributed by atoms with E-state index in [9.17, 15) is 4.39 Å². The van der Waals surface area contributed by atoms with Gasteiger partial charge in [0.2, 0.25) is 0 Å². The first-order valence-electron chi connectivity index (χ1n) is 6.23. The molecule has 3 rings (SSSR count). The van der Waals surface area contributed by atoms with Crippen LogP contribution >= 0.6 is 0 Å². The molecule has 0 aliphatic heterocycles. The lowest BCUT2D eigenvalue weighted by Gasteiger charge is -2.10. The number of nitrogens with zero attached hydrogens (tertiary/aromatic N) is 1. The second-order valence-electron chi connectivity index (χ2n) is 4.57. The first-order chi connectivity index (χ1) is 9.63. The third kappa shape index (κ3) is 2.28. The first kappa shape index (κ1) is 12.4. The molecule has 0 aliphatic rings. The van der Waals surface area contributed by atoms with Gasteiger partial charge in [-0.1, -0.05) is 18.2 Å². The summed E-state index contributed by atoms with van der Waals surface area (Å²) in [4.78, 5) is 4.45. The van der Waals surface area contributed by atoms with Crippen molar-refractivity contribution in [2.75, 3.05) is 5.73 Å². The molecule has 0 radical (unpaired) electrons. The molecule has 0 saturated heterocycles. The van der Waals surface area contributed by atoms with Crippen LogP contribution < -0.4 is 10.5 Å². The smallest absolute Gasteiger partial charge is 0.167 e. The lowest BCUT2D eigenvalue weighted by atomic mass is 10.2. The van der Waals surface area contributed by atoms with Crippen molar-refractivity contribution < 1.29 is 9.13 Å². The maximum Gasteiger partial charge on any atom is 0.167 e. The van der Waals surface area contributed by atoms with Crippen LogP contribution in [0.5, 0.6) is 11.5 Å². The standard InChI is InChI=1S/C16H13FN2O/c1-10-5-6-11-3-2-4-15(16(11)19-10)20-14-8-7-12(18)9-13(14)17/h2-9H,18H2,1H3. The molecule has 1 heterocycles. The Morgan fingerprint density at radius 3 is 2.70 bits per heavy atom. The topological polar surface area (TPSA) is 48.1 Å². The average Bonchev–Trinajstić information content (AvgIpc) is 2.42. The van der Waals surface area contributed by atoms with Gasteiger partial charge in [0.15, 0.2) is 17.3 Å². The first-order valence-corrected chi connectivity index (χ1v) is 6.23. The second-order valence-corrected chi connectivity index (χ2v) is 4.57. The number of aromatic nitrogens is 1. The molecule has 0 unspecified atom stereocenters. The van der Waals surface area contributed by atoms with E-state index in [1.165, 1.54) is 12.1 Å². The highest BCUT2D eigenvalue weighted by molar-refractivity contribution is 5.84. The number of anilines is 1. The summed E-state index contributed by atoms with van der Waals surface area (Å²) in [6.45, 7) is 1.90. The molecule has 0 aliphatic carbocycles. The number of pyridine rings is 1. The number of nitrogens with two attached hydrogens (primary N) is 1. The van der Waals surface area contributed by atoms with Gasteiger partial charge in [0.05, 0.1) is 0 Å². The molecule has 100 valence electrons. The summed E-state index contributed by atoms with van der Waals surface area (Å²) in [5, 5.41) is 0.948. The molecule has 0 atom stereocenters. The minimum absolute atomic E-state index is 0.134. The number of hydrogen-bond donors (Lipinski definition) is 1. The van der Waals surface area contributed by atoms with Crippen LogP contribution in [0.3, 0.4) is 0 Å². The van der Waals surface area contributed by atoms with Crippen molar-refractivity contribution in [1.29, 1.82) is 0 Å². The number of aryl methyl sites for hydroxylation is 1. The van der Waals surface area contributed by atoms with Gasteiger partial charge in [0.25, 0.3) is 0 Å². The minimum Gasteiger partial charge on any atom is -0.452 e. The van der Waals surface area contributed by atoms with Crippen molar-refractivity contribution >= 4 is 16.6 Å². The molecule has 0 saturated carbocycles. The lowest BCUT2D eigenvalue weighted by Crippen LogP contribution is -1.93. The predicted molar refractivity (Wildman–Crippen MR) is 77.4 cm³/mol. The highest BCUT2D eigenvalue weighted by atomic mass is 19.1. The van der Waals surface area contributed by atoms with Crippen LogP contribution in [0, 0.1) is 12.7 Å². The van der Waals surface area contributed by atoms with E-state index < -0.39 is 5.82 Å². The molecule has 1 aromatic heterocycles.